The molecule has 5 aromatic rings. The average molecular weight is 447 g/mol. The fraction of sp³-hybridized carbons (Fsp3) is 0.290. The third kappa shape index (κ3) is 2.76. The van der Waals surface area contributed by atoms with Crippen LogP contribution in [0.15, 0.2) is 65.2 Å². The number of hydrogen-bond acceptors (Lipinski definition) is 3. The molecule has 0 aliphatic heterocycles. The molecule has 0 saturated carbocycles. The van der Waals surface area contributed by atoms with Gasteiger partial charge < -0.3 is 4.42 Å². The highest BCUT2D eigenvalue weighted by molar-refractivity contribution is 6.10. The first-order valence-corrected chi connectivity index (χ1v) is 12.4. The lowest BCUT2D eigenvalue weighted by molar-refractivity contribution is 0.476. The van der Waals surface area contributed by atoms with E-state index in [2.05, 4.69) is 89.2 Å². The van der Waals surface area contributed by atoms with Gasteiger partial charge in [0.1, 0.15) is 5.58 Å². The van der Waals surface area contributed by atoms with Gasteiger partial charge in [-0.05, 0) is 66.1 Å². The van der Waals surface area contributed by atoms with Crippen molar-refractivity contribution < 1.29 is 4.42 Å². The minimum Gasteiger partial charge on any atom is -0.437 e. The summed E-state index contributed by atoms with van der Waals surface area (Å²) in [7, 11) is 0. The topological polar surface area (TPSA) is 38.9 Å². The normalized spacial score (nSPS) is 14.2. The van der Waals surface area contributed by atoms with Crippen LogP contribution in [0.3, 0.4) is 0 Å². The molecule has 3 nitrogen and oxygen atoms in total. The summed E-state index contributed by atoms with van der Waals surface area (Å²) >= 11 is 0. The smallest absolute Gasteiger partial charge is 0.227 e. The zero-order valence-electron chi connectivity index (χ0n) is 20.6. The Morgan fingerprint density at radius 3 is 2.47 bits per heavy atom. The third-order valence-electron chi connectivity index (χ3n) is 7.94. The number of benzene rings is 2. The predicted octanol–water partition coefficient (Wildman–Crippen LogP) is 8.56. The number of hydrogen-bond donors (Lipinski definition) is 0. The number of pyridine rings is 2. The van der Waals surface area contributed by atoms with Crippen molar-refractivity contribution in [3.8, 4) is 22.4 Å². The second-order valence-electron chi connectivity index (χ2n) is 9.94. The van der Waals surface area contributed by atoms with Gasteiger partial charge in [0.25, 0.3) is 0 Å². The second-order valence-corrected chi connectivity index (χ2v) is 9.94. The van der Waals surface area contributed by atoms with Gasteiger partial charge in [0.2, 0.25) is 5.71 Å². The molecule has 0 spiro atoms. The minimum atomic E-state index is -0.0645. The van der Waals surface area contributed by atoms with Gasteiger partial charge in [0.05, 0.1) is 11.4 Å². The Balaban J connectivity index is 1.66. The molecule has 3 aromatic heterocycles. The summed E-state index contributed by atoms with van der Waals surface area (Å²) in [6.07, 6.45) is 3.94. The molecule has 0 atom stereocenters. The lowest BCUT2D eigenvalue weighted by Crippen LogP contribution is -2.24. The van der Waals surface area contributed by atoms with Crippen LogP contribution in [0.25, 0.3) is 44.5 Å². The van der Waals surface area contributed by atoms with Crippen molar-refractivity contribution in [3.05, 3.63) is 83.2 Å². The highest BCUT2D eigenvalue weighted by Crippen LogP contribution is 2.53. The molecular formula is C31H30N2O. The highest BCUT2D eigenvalue weighted by atomic mass is 16.3. The molecule has 1 aliphatic rings. The zero-order valence-corrected chi connectivity index (χ0v) is 20.6. The summed E-state index contributed by atoms with van der Waals surface area (Å²) in [6.45, 7) is 11.1. The van der Waals surface area contributed by atoms with Crippen LogP contribution in [-0.2, 0) is 5.41 Å². The van der Waals surface area contributed by atoms with Crippen molar-refractivity contribution in [2.24, 2.45) is 0 Å². The van der Waals surface area contributed by atoms with Crippen LogP contribution < -0.4 is 0 Å². The predicted molar refractivity (Wildman–Crippen MR) is 140 cm³/mol. The van der Waals surface area contributed by atoms with E-state index in [4.69, 9.17) is 14.4 Å². The molecule has 0 radical (unpaired) electrons. The van der Waals surface area contributed by atoms with Gasteiger partial charge in [-0.3, -0.25) is 4.98 Å². The maximum absolute atomic E-state index is 6.57. The number of aromatic nitrogens is 2. The van der Waals surface area contributed by atoms with Crippen molar-refractivity contribution in [2.45, 2.75) is 58.8 Å². The van der Waals surface area contributed by atoms with E-state index in [-0.39, 0.29) is 5.41 Å². The van der Waals surface area contributed by atoms with Gasteiger partial charge in [-0.25, -0.2) is 4.98 Å². The maximum Gasteiger partial charge on any atom is 0.227 e. The van der Waals surface area contributed by atoms with Crippen LogP contribution in [0.1, 0.15) is 68.8 Å². The van der Waals surface area contributed by atoms with E-state index in [9.17, 15) is 0 Å². The fourth-order valence-electron chi connectivity index (χ4n) is 5.92. The number of aryl methyl sites for hydroxylation is 1. The standard InChI is InChI=1S/C31H30N2O/c1-6-31(7-2)25-11-9-8-10-21(25)23-17-24-22-13-12-19(5)27(28(22)34-30(24)33-29(23)31)26-16-20(18(3)4)14-15-32-26/h8-18H,6-7H2,1-5H3. The lowest BCUT2D eigenvalue weighted by atomic mass is 9.76. The highest BCUT2D eigenvalue weighted by Gasteiger charge is 2.42. The van der Waals surface area contributed by atoms with E-state index in [0.29, 0.717) is 5.92 Å². The Kier molecular flexibility index (Phi) is 4.67. The van der Waals surface area contributed by atoms with Gasteiger partial charge >= 0.3 is 0 Å². The molecule has 34 heavy (non-hydrogen) atoms. The first kappa shape index (κ1) is 21.1. The molecule has 0 unspecified atom stereocenters. The molecule has 6 rings (SSSR count). The summed E-state index contributed by atoms with van der Waals surface area (Å²) in [5.74, 6) is 0.442. The summed E-state index contributed by atoms with van der Waals surface area (Å²) in [6, 6.07) is 19.8. The van der Waals surface area contributed by atoms with Crippen molar-refractivity contribution in [1.29, 1.82) is 0 Å². The largest absolute Gasteiger partial charge is 0.437 e. The average Bonchev–Trinajstić information content (AvgIpc) is 3.35. The Labute approximate surface area is 200 Å². The summed E-state index contributed by atoms with van der Waals surface area (Å²) in [4.78, 5) is 9.96. The molecule has 0 bridgehead atoms. The third-order valence-corrected chi connectivity index (χ3v) is 7.94. The Hall–Kier alpha value is -3.46. The van der Waals surface area contributed by atoms with E-state index in [0.717, 1.165) is 57.4 Å². The van der Waals surface area contributed by atoms with Gasteiger partial charge in [-0.15, -0.1) is 0 Å². The first-order valence-electron chi connectivity index (χ1n) is 12.4. The molecule has 0 saturated heterocycles. The van der Waals surface area contributed by atoms with Gasteiger partial charge in [-0.1, -0.05) is 64.1 Å². The molecule has 0 fully saturated rings. The second kappa shape index (κ2) is 7.53. The number of nitrogens with zero attached hydrogens (tertiary/aromatic N) is 2. The lowest BCUT2D eigenvalue weighted by Gasteiger charge is -2.28. The quantitative estimate of drug-likeness (QED) is 0.277. The van der Waals surface area contributed by atoms with Crippen molar-refractivity contribution >= 4 is 22.1 Å². The summed E-state index contributed by atoms with van der Waals surface area (Å²) in [5, 5.41) is 2.18. The number of rotatable bonds is 4. The van der Waals surface area contributed by atoms with E-state index >= 15 is 0 Å². The number of fused-ring (bicyclic) bond motifs is 6. The van der Waals surface area contributed by atoms with Crippen molar-refractivity contribution in [2.75, 3.05) is 0 Å². The van der Waals surface area contributed by atoms with E-state index < -0.39 is 0 Å². The van der Waals surface area contributed by atoms with Crippen LogP contribution in [0.2, 0.25) is 0 Å². The Morgan fingerprint density at radius 1 is 0.912 bits per heavy atom. The molecule has 3 heteroatoms. The Morgan fingerprint density at radius 2 is 1.71 bits per heavy atom. The molecule has 0 amide bonds. The van der Waals surface area contributed by atoms with Crippen molar-refractivity contribution in [3.63, 3.8) is 0 Å². The summed E-state index contributed by atoms with van der Waals surface area (Å²) < 4.78 is 6.57. The van der Waals surface area contributed by atoms with E-state index in [1.54, 1.807) is 0 Å². The molecular weight excluding hydrogens is 416 g/mol. The summed E-state index contributed by atoms with van der Waals surface area (Å²) in [5.41, 5.74) is 11.1. The van der Waals surface area contributed by atoms with E-state index in [1.165, 1.54) is 22.3 Å². The maximum atomic E-state index is 6.57. The van der Waals surface area contributed by atoms with Crippen LogP contribution >= 0.6 is 0 Å². The SMILES string of the molecule is CCC1(CC)c2ccccc2-c2cc3c(nc21)oc1c(-c2cc(C(C)C)ccn2)c(C)ccc13. The first-order chi connectivity index (χ1) is 16.5. The molecule has 2 aromatic carbocycles. The minimum absolute atomic E-state index is 0.0645. The van der Waals surface area contributed by atoms with Gasteiger partial charge in [0.15, 0.2) is 0 Å². The van der Waals surface area contributed by atoms with E-state index in [1.807, 2.05) is 6.20 Å². The molecule has 1 aliphatic carbocycles. The van der Waals surface area contributed by atoms with Gasteiger partial charge in [-0.2, -0.15) is 0 Å². The monoisotopic (exact) mass is 446 g/mol. The molecule has 170 valence electrons. The zero-order chi connectivity index (χ0) is 23.6. The fourth-order valence-corrected chi connectivity index (χ4v) is 5.92. The van der Waals surface area contributed by atoms with Crippen LogP contribution in [-0.4, -0.2) is 9.97 Å². The molecule has 0 N–H and O–H groups in total. The molecule has 3 heterocycles. The van der Waals surface area contributed by atoms with Gasteiger partial charge in [0, 0.05) is 33.5 Å². The van der Waals surface area contributed by atoms with Crippen molar-refractivity contribution in [1.82, 2.24) is 9.97 Å². The Bertz CT molecular complexity index is 1570. The number of furan rings is 1. The van der Waals surface area contributed by atoms with Crippen LogP contribution in [0, 0.1) is 6.92 Å². The van der Waals surface area contributed by atoms with Crippen LogP contribution in [0.5, 0.6) is 0 Å². The van der Waals surface area contributed by atoms with Crippen LogP contribution in [0.4, 0.5) is 0 Å².